The number of ether oxygens (including phenoxy) is 1. The summed E-state index contributed by atoms with van der Waals surface area (Å²) < 4.78 is 5.47. The summed E-state index contributed by atoms with van der Waals surface area (Å²) in [4.78, 5) is 10.4. The number of hydrogen-bond acceptors (Lipinski definition) is 3. The highest BCUT2D eigenvalue weighted by Crippen LogP contribution is 2.24. The van der Waals surface area contributed by atoms with Crippen LogP contribution in [0.15, 0.2) is 12.1 Å². The molecule has 1 aromatic carbocycles. The quantitative estimate of drug-likeness (QED) is 0.821. The number of carboxylic acid groups (broad SMARTS) is 1. The first-order chi connectivity index (χ1) is 7.90. The number of aliphatic hydroxyl groups excluding tert-OH is 1. The Bertz CT molecular complexity index is 389. The van der Waals surface area contributed by atoms with E-state index in [4.69, 9.17) is 9.84 Å². The standard InChI is InChI=1S/C13H18O4/c1-8-4-9(2)13(10(3)5-8)17-7-11(14)6-12(15)16/h4-5,11,14H,6-7H2,1-3H3,(H,15,16). The Hall–Kier alpha value is -1.55. The summed E-state index contributed by atoms with van der Waals surface area (Å²) in [5.74, 6) is -0.307. The second-order valence-electron chi connectivity index (χ2n) is 4.29. The number of benzene rings is 1. The predicted octanol–water partition coefficient (Wildman–Crippen LogP) is 1.83. The van der Waals surface area contributed by atoms with Gasteiger partial charge in [0.05, 0.1) is 12.5 Å². The Balaban J connectivity index is 2.66. The molecule has 1 atom stereocenters. The highest BCUT2D eigenvalue weighted by molar-refractivity contribution is 5.67. The summed E-state index contributed by atoms with van der Waals surface area (Å²) in [5, 5.41) is 17.9. The molecule has 0 amide bonds. The lowest BCUT2D eigenvalue weighted by molar-refractivity contribution is -0.139. The molecule has 0 saturated heterocycles. The van der Waals surface area contributed by atoms with E-state index in [0.717, 1.165) is 22.4 Å². The summed E-state index contributed by atoms with van der Waals surface area (Å²) in [5.41, 5.74) is 3.13. The second kappa shape index (κ2) is 5.68. The summed E-state index contributed by atoms with van der Waals surface area (Å²) in [6, 6.07) is 3.98. The van der Waals surface area contributed by atoms with Gasteiger partial charge in [-0.15, -0.1) is 0 Å². The van der Waals surface area contributed by atoms with Gasteiger partial charge < -0.3 is 14.9 Å². The van der Waals surface area contributed by atoms with E-state index in [1.165, 1.54) is 0 Å². The van der Waals surface area contributed by atoms with Crippen molar-refractivity contribution in [2.24, 2.45) is 0 Å². The van der Waals surface area contributed by atoms with Crippen LogP contribution in [0.2, 0.25) is 0 Å². The van der Waals surface area contributed by atoms with Crippen molar-refractivity contribution in [3.8, 4) is 5.75 Å². The third-order valence-electron chi connectivity index (χ3n) is 2.43. The molecular formula is C13H18O4. The van der Waals surface area contributed by atoms with Crippen LogP contribution < -0.4 is 4.74 Å². The van der Waals surface area contributed by atoms with Gasteiger partial charge in [-0.05, 0) is 31.9 Å². The van der Waals surface area contributed by atoms with Crippen LogP contribution in [0.1, 0.15) is 23.1 Å². The second-order valence-corrected chi connectivity index (χ2v) is 4.29. The lowest BCUT2D eigenvalue weighted by Crippen LogP contribution is -2.21. The van der Waals surface area contributed by atoms with E-state index in [9.17, 15) is 9.90 Å². The molecule has 0 saturated carbocycles. The Labute approximate surface area is 101 Å². The lowest BCUT2D eigenvalue weighted by atomic mass is 10.1. The van der Waals surface area contributed by atoms with Gasteiger partial charge in [-0.1, -0.05) is 17.7 Å². The fraction of sp³-hybridized carbons (Fsp3) is 0.462. The SMILES string of the molecule is Cc1cc(C)c(OCC(O)CC(=O)O)c(C)c1. The van der Waals surface area contributed by atoms with Crippen molar-refractivity contribution in [1.29, 1.82) is 0 Å². The third kappa shape index (κ3) is 4.07. The van der Waals surface area contributed by atoms with Gasteiger partial charge in [-0.2, -0.15) is 0 Å². The molecule has 0 aliphatic carbocycles. The van der Waals surface area contributed by atoms with Crippen molar-refractivity contribution in [3.63, 3.8) is 0 Å². The zero-order valence-corrected chi connectivity index (χ0v) is 10.4. The molecule has 0 radical (unpaired) electrons. The molecule has 0 aliphatic heterocycles. The van der Waals surface area contributed by atoms with Gasteiger partial charge in [0, 0.05) is 0 Å². The van der Waals surface area contributed by atoms with Crippen molar-refractivity contribution in [2.75, 3.05) is 6.61 Å². The van der Waals surface area contributed by atoms with Crippen molar-refractivity contribution in [2.45, 2.75) is 33.3 Å². The number of rotatable bonds is 5. The third-order valence-corrected chi connectivity index (χ3v) is 2.43. The summed E-state index contributed by atoms with van der Waals surface area (Å²) >= 11 is 0. The molecule has 4 nitrogen and oxygen atoms in total. The van der Waals surface area contributed by atoms with E-state index in [1.54, 1.807) is 0 Å². The monoisotopic (exact) mass is 238 g/mol. The fourth-order valence-electron chi connectivity index (χ4n) is 1.83. The van der Waals surface area contributed by atoms with Crippen LogP contribution in [-0.2, 0) is 4.79 Å². The molecule has 1 rings (SSSR count). The highest BCUT2D eigenvalue weighted by Gasteiger charge is 2.12. The molecule has 0 heterocycles. The van der Waals surface area contributed by atoms with Crippen LogP contribution in [-0.4, -0.2) is 28.9 Å². The van der Waals surface area contributed by atoms with Crippen LogP contribution in [0, 0.1) is 20.8 Å². The van der Waals surface area contributed by atoms with E-state index in [0.29, 0.717) is 0 Å². The minimum absolute atomic E-state index is 0.00294. The van der Waals surface area contributed by atoms with Gasteiger partial charge in [0.1, 0.15) is 12.4 Å². The van der Waals surface area contributed by atoms with Gasteiger partial charge in [-0.25, -0.2) is 0 Å². The molecule has 17 heavy (non-hydrogen) atoms. The molecule has 4 heteroatoms. The fourth-order valence-corrected chi connectivity index (χ4v) is 1.83. The van der Waals surface area contributed by atoms with Crippen LogP contribution in [0.3, 0.4) is 0 Å². The van der Waals surface area contributed by atoms with E-state index in [1.807, 2.05) is 32.9 Å². The normalized spacial score (nSPS) is 12.2. The maximum Gasteiger partial charge on any atom is 0.306 e. The summed E-state index contributed by atoms with van der Waals surface area (Å²) in [6.07, 6.45) is -1.28. The van der Waals surface area contributed by atoms with Gasteiger partial charge in [0.2, 0.25) is 0 Å². The zero-order chi connectivity index (χ0) is 13.0. The number of aliphatic hydroxyl groups is 1. The largest absolute Gasteiger partial charge is 0.490 e. The molecular weight excluding hydrogens is 220 g/mol. The number of carbonyl (C=O) groups is 1. The van der Waals surface area contributed by atoms with Gasteiger partial charge >= 0.3 is 5.97 Å². The van der Waals surface area contributed by atoms with Crippen molar-refractivity contribution in [1.82, 2.24) is 0 Å². The number of carboxylic acids is 1. The predicted molar refractivity (Wildman–Crippen MR) is 64.4 cm³/mol. The molecule has 0 bridgehead atoms. The number of aryl methyl sites for hydroxylation is 3. The molecule has 1 unspecified atom stereocenters. The van der Waals surface area contributed by atoms with Crippen molar-refractivity contribution < 1.29 is 19.7 Å². The average molecular weight is 238 g/mol. The number of aliphatic carboxylic acids is 1. The molecule has 94 valence electrons. The molecule has 0 spiro atoms. The molecule has 2 N–H and O–H groups in total. The van der Waals surface area contributed by atoms with Gasteiger partial charge in [0.25, 0.3) is 0 Å². The minimum Gasteiger partial charge on any atom is -0.490 e. The molecule has 0 fully saturated rings. The van der Waals surface area contributed by atoms with Gasteiger partial charge in [0.15, 0.2) is 0 Å². The van der Waals surface area contributed by atoms with Crippen molar-refractivity contribution in [3.05, 3.63) is 28.8 Å². The first-order valence-electron chi connectivity index (χ1n) is 5.50. The highest BCUT2D eigenvalue weighted by atomic mass is 16.5. The first-order valence-corrected chi connectivity index (χ1v) is 5.50. The van der Waals surface area contributed by atoms with Crippen LogP contribution in [0.5, 0.6) is 5.75 Å². The van der Waals surface area contributed by atoms with E-state index in [-0.39, 0.29) is 13.0 Å². The van der Waals surface area contributed by atoms with E-state index < -0.39 is 12.1 Å². The first kappa shape index (κ1) is 13.5. The van der Waals surface area contributed by atoms with Crippen LogP contribution in [0.4, 0.5) is 0 Å². The Morgan fingerprint density at radius 1 is 1.29 bits per heavy atom. The van der Waals surface area contributed by atoms with Crippen LogP contribution >= 0.6 is 0 Å². The molecule has 0 aromatic heterocycles. The maximum absolute atomic E-state index is 10.4. The van der Waals surface area contributed by atoms with Crippen LogP contribution in [0.25, 0.3) is 0 Å². The summed E-state index contributed by atoms with van der Waals surface area (Å²) in [7, 11) is 0. The Morgan fingerprint density at radius 2 is 1.82 bits per heavy atom. The zero-order valence-electron chi connectivity index (χ0n) is 10.4. The van der Waals surface area contributed by atoms with Gasteiger partial charge in [-0.3, -0.25) is 4.79 Å². The average Bonchev–Trinajstić information content (AvgIpc) is 2.14. The number of hydrogen-bond donors (Lipinski definition) is 2. The smallest absolute Gasteiger partial charge is 0.306 e. The maximum atomic E-state index is 10.4. The molecule has 0 aliphatic rings. The van der Waals surface area contributed by atoms with Crippen molar-refractivity contribution >= 4 is 5.97 Å². The Morgan fingerprint density at radius 3 is 2.29 bits per heavy atom. The summed E-state index contributed by atoms with van der Waals surface area (Å²) in [6.45, 7) is 5.86. The lowest BCUT2D eigenvalue weighted by Gasteiger charge is -2.15. The Kier molecular flexibility index (Phi) is 4.52. The minimum atomic E-state index is -1.03. The van der Waals surface area contributed by atoms with E-state index in [2.05, 4.69) is 0 Å². The topological polar surface area (TPSA) is 66.8 Å². The molecule has 1 aromatic rings. The van der Waals surface area contributed by atoms with E-state index >= 15 is 0 Å².